The van der Waals surface area contributed by atoms with Crippen LogP contribution in [0.2, 0.25) is 0 Å². The first-order valence-corrected chi connectivity index (χ1v) is 8.80. The molecule has 0 saturated carbocycles. The smallest absolute Gasteiger partial charge is 0.410 e. The van der Waals surface area contributed by atoms with Crippen molar-refractivity contribution in [2.75, 3.05) is 39.3 Å². The number of nitrogens with one attached hydrogen (secondary N) is 1. The van der Waals surface area contributed by atoms with Crippen molar-refractivity contribution < 1.29 is 14.3 Å². The molecule has 0 spiro atoms. The van der Waals surface area contributed by atoms with Crippen molar-refractivity contribution in [2.24, 2.45) is 0 Å². The number of nitrogens with zero attached hydrogens (tertiary/aromatic N) is 2. The number of rotatable bonds is 4. The van der Waals surface area contributed by atoms with E-state index >= 15 is 0 Å². The van der Waals surface area contributed by atoms with Gasteiger partial charge in [-0.15, -0.1) is 0 Å². The third-order valence-corrected chi connectivity index (χ3v) is 4.05. The van der Waals surface area contributed by atoms with Crippen molar-refractivity contribution in [3.05, 3.63) is 35.4 Å². The van der Waals surface area contributed by atoms with Gasteiger partial charge in [0, 0.05) is 44.8 Å². The molecule has 1 fully saturated rings. The van der Waals surface area contributed by atoms with E-state index in [1.165, 1.54) is 0 Å². The highest BCUT2D eigenvalue weighted by Crippen LogP contribution is 2.11. The topological polar surface area (TPSA) is 61.9 Å². The number of aryl methyl sites for hydroxylation is 1. The molecule has 1 aliphatic rings. The Morgan fingerprint density at radius 1 is 1.08 bits per heavy atom. The van der Waals surface area contributed by atoms with E-state index in [-0.39, 0.29) is 12.0 Å². The zero-order valence-corrected chi connectivity index (χ0v) is 15.7. The van der Waals surface area contributed by atoms with Crippen molar-refractivity contribution in [1.82, 2.24) is 15.1 Å². The Bertz CT molecular complexity index is 585. The molecule has 0 unspecified atom stereocenters. The number of amides is 2. The van der Waals surface area contributed by atoms with Crippen LogP contribution in [0, 0.1) is 6.92 Å². The highest BCUT2D eigenvalue weighted by atomic mass is 16.6. The molecule has 2 rings (SSSR count). The molecule has 0 atom stereocenters. The van der Waals surface area contributed by atoms with Crippen molar-refractivity contribution in [2.45, 2.75) is 33.3 Å². The molecule has 1 heterocycles. The molecule has 0 aliphatic carbocycles. The quantitative estimate of drug-likeness (QED) is 0.908. The molecule has 138 valence electrons. The fourth-order valence-corrected chi connectivity index (χ4v) is 2.62. The summed E-state index contributed by atoms with van der Waals surface area (Å²) in [5.41, 5.74) is 1.36. The van der Waals surface area contributed by atoms with E-state index in [4.69, 9.17) is 4.74 Å². The molecule has 0 bridgehead atoms. The largest absolute Gasteiger partial charge is 0.444 e. The highest BCUT2D eigenvalue weighted by molar-refractivity contribution is 5.94. The van der Waals surface area contributed by atoms with Gasteiger partial charge in [0.25, 0.3) is 5.91 Å². The molecule has 2 amide bonds. The van der Waals surface area contributed by atoms with Crippen LogP contribution in [0.1, 0.15) is 36.7 Å². The van der Waals surface area contributed by atoms with E-state index in [9.17, 15) is 9.59 Å². The van der Waals surface area contributed by atoms with E-state index in [0.29, 0.717) is 25.2 Å². The third-order valence-electron chi connectivity index (χ3n) is 4.05. The van der Waals surface area contributed by atoms with Crippen LogP contribution in [0.5, 0.6) is 0 Å². The van der Waals surface area contributed by atoms with Crippen LogP contribution in [0.4, 0.5) is 4.79 Å². The van der Waals surface area contributed by atoms with Gasteiger partial charge in [-0.05, 0) is 39.8 Å². The average molecular weight is 347 g/mol. The Kier molecular flexibility index (Phi) is 6.42. The summed E-state index contributed by atoms with van der Waals surface area (Å²) in [6.07, 6.45) is -0.250. The van der Waals surface area contributed by atoms with E-state index in [0.717, 1.165) is 25.2 Å². The van der Waals surface area contributed by atoms with E-state index < -0.39 is 5.60 Å². The van der Waals surface area contributed by atoms with E-state index in [1.54, 1.807) is 4.90 Å². The maximum Gasteiger partial charge on any atom is 0.410 e. The van der Waals surface area contributed by atoms with E-state index in [2.05, 4.69) is 10.2 Å². The second kappa shape index (κ2) is 8.34. The zero-order chi connectivity index (χ0) is 18.4. The maximum absolute atomic E-state index is 12.1. The number of ether oxygens (including phenoxy) is 1. The Labute approximate surface area is 150 Å². The first-order chi connectivity index (χ1) is 11.7. The van der Waals surface area contributed by atoms with Gasteiger partial charge in [-0.1, -0.05) is 17.7 Å². The summed E-state index contributed by atoms with van der Waals surface area (Å²) < 4.78 is 5.39. The number of piperazine rings is 1. The molecule has 6 nitrogen and oxygen atoms in total. The molecule has 25 heavy (non-hydrogen) atoms. The van der Waals surface area contributed by atoms with Crippen molar-refractivity contribution >= 4 is 12.0 Å². The van der Waals surface area contributed by atoms with Gasteiger partial charge in [-0.3, -0.25) is 9.69 Å². The highest BCUT2D eigenvalue weighted by Gasteiger charge is 2.25. The van der Waals surface area contributed by atoms with Gasteiger partial charge in [0.1, 0.15) is 5.60 Å². The van der Waals surface area contributed by atoms with Crippen molar-refractivity contribution in [3.63, 3.8) is 0 Å². The van der Waals surface area contributed by atoms with Gasteiger partial charge in [0.15, 0.2) is 0 Å². The Hall–Kier alpha value is -2.08. The SMILES string of the molecule is Cc1ccc(C(=O)NCCN2CCN(C(=O)OC(C)(C)C)CC2)cc1. The maximum atomic E-state index is 12.1. The van der Waals surface area contributed by atoms with Crippen LogP contribution in [-0.4, -0.2) is 66.7 Å². The Balaban J connectivity index is 1.68. The summed E-state index contributed by atoms with van der Waals surface area (Å²) >= 11 is 0. The number of hydrogen-bond donors (Lipinski definition) is 1. The van der Waals surface area contributed by atoms with Crippen molar-refractivity contribution in [3.8, 4) is 0 Å². The molecule has 0 aromatic heterocycles. The van der Waals surface area contributed by atoms with Gasteiger partial charge in [-0.25, -0.2) is 4.79 Å². The molecule has 0 radical (unpaired) electrons. The second-order valence-corrected chi connectivity index (χ2v) is 7.43. The summed E-state index contributed by atoms with van der Waals surface area (Å²) in [4.78, 5) is 28.1. The number of carbonyl (C=O) groups excluding carboxylic acids is 2. The summed E-state index contributed by atoms with van der Waals surface area (Å²) in [6, 6.07) is 7.55. The summed E-state index contributed by atoms with van der Waals surface area (Å²) in [5, 5.41) is 2.94. The standard InChI is InChI=1S/C19H29N3O3/c1-15-5-7-16(8-6-15)17(23)20-9-10-21-11-13-22(14-12-21)18(24)25-19(2,3)4/h5-8H,9-14H2,1-4H3,(H,20,23). The van der Waals surface area contributed by atoms with Gasteiger partial charge in [0.2, 0.25) is 0 Å². The minimum Gasteiger partial charge on any atom is -0.444 e. The molecule has 1 aromatic rings. The first-order valence-electron chi connectivity index (χ1n) is 8.80. The van der Waals surface area contributed by atoms with Gasteiger partial charge >= 0.3 is 6.09 Å². The van der Waals surface area contributed by atoms with Gasteiger partial charge in [-0.2, -0.15) is 0 Å². The lowest BCUT2D eigenvalue weighted by molar-refractivity contribution is 0.0147. The number of benzene rings is 1. The monoisotopic (exact) mass is 347 g/mol. The molecule has 6 heteroatoms. The molecule has 1 aromatic carbocycles. The molecule has 1 aliphatic heterocycles. The van der Waals surface area contributed by atoms with Crippen LogP contribution in [-0.2, 0) is 4.74 Å². The van der Waals surface area contributed by atoms with Crippen LogP contribution in [0.15, 0.2) is 24.3 Å². The lowest BCUT2D eigenvalue weighted by atomic mass is 10.1. The van der Waals surface area contributed by atoms with Gasteiger partial charge < -0.3 is 15.0 Å². The predicted molar refractivity (Wildman–Crippen MR) is 97.8 cm³/mol. The van der Waals surface area contributed by atoms with Crippen LogP contribution in [0.25, 0.3) is 0 Å². The van der Waals surface area contributed by atoms with Crippen LogP contribution >= 0.6 is 0 Å². The number of hydrogen-bond acceptors (Lipinski definition) is 4. The summed E-state index contributed by atoms with van der Waals surface area (Å²) in [6.45, 7) is 11.9. The average Bonchev–Trinajstić information content (AvgIpc) is 2.54. The molecule has 1 saturated heterocycles. The predicted octanol–water partition coefficient (Wildman–Crippen LogP) is 2.28. The van der Waals surface area contributed by atoms with Crippen LogP contribution < -0.4 is 5.32 Å². The molecule has 1 N–H and O–H groups in total. The molecular weight excluding hydrogens is 318 g/mol. The number of carbonyl (C=O) groups is 2. The second-order valence-electron chi connectivity index (χ2n) is 7.43. The Morgan fingerprint density at radius 3 is 2.24 bits per heavy atom. The third kappa shape index (κ3) is 6.38. The lowest BCUT2D eigenvalue weighted by Crippen LogP contribution is -2.51. The Morgan fingerprint density at radius 2 is 1.68 bits per heavy atom. The van der Waals surface area contributed by atoms with Crippen molar-refractivity contribution in [1.29, 1.82) is 0 Å². The van der Waals surface area contributed by atoms with Crippen LogP contribution in [0.3, 0.4) is 0 Å². The van der Waals surface area contributed by atoms with E-state index in [1.807, 2.05) is 52.0 Å². The normalized spacial score (nSPS) is 15.8. The fourth-order valence-electron chi connectivity index (χ4n) is 2.62. The first kappa shape index (κ1) is 19.2. The minimum absolute atomic E-state index is 0.0487. The zero-order valence-electron chi connectivity index (χ0n) is 15.7. The fraction of sp³-hybridized carbons (Fsp3) is 0.579. The van der Waals surface area contributed by atoms with Gasteiger partial charge in [0.05, 0.1) is 0 Å². The minimum atomic E-state index is -0.464. The lowest BCUT2D eigenvalue weighted by Gasteiger charge is -2.35. The summed E-state index contributed by atoms with van der Waals surface area (Å²) in [5.74, 6) is -0.0487. The molecular formula is C19H29N3O3. The summed E-state index contributed by atoms with van der Waals surface area (Å²) in [7, 11) is 0.